The number of nitrogens with zero attached hydrogens (tertiary/aromatic N) is 4. The minimum absolute atomic E-state index is 0.0727. The summed E-state index contributed by atoms with van der Waals surface area (Å²) < 4.78 is 6.85. The number of fused-ring (bicyclic) bond motifs is 1. The predicted molar refractivity (Wildman–Crippen MR) is 129 cm³/mol. The Balaban J connectivity index is 1.50. The van der Waals surface area contributed by atoms with Crippen molar-refractivity contribution in [2.75, 3.05) is 25.2 Å². The molecule has 0 saturated heterocycles. The average molecular weight is 461 g/mol. The van der Waals surface area contributed by atoms with Crippen LogP contribution in [0.25, 0.3) is 5.69 Å². The van der Waals surface area contributed by atoms with Gasteiger partial charge in [0.1, 0.15) is 18.0 Å². The van der Waals surface area contributed by atoms with E-state index in [4.69, 9.17) is 4.74 Å². The van der Waals surface area contributed by atoms with E-state index in [0.717, 1.165) is 42.5 Å². The summed E-state index contributed by atoms with van der Waals surface area (Å²) in [6.45, 7) is 0.570. The van der Waals surface area contributed by atoms with Crippen LogP contribution in [0.5, 0.6) is 5.75 Å². The van der Waals surface area contributed by atoms with Gasteiger partial charge in [-0.15, -0.1) is 0 Å². The first-order chi connectivity index (χ1) is 16.6. The highest BCUT2D eigenvalue weighted by Crippen LogP contribution is 2.41. The number of benzene rings is 2. The van der Waals surface area contributed by atoms with Crippen LogP contribution in [0.3, 0.4) is 0 Å². The number of aromatic nitrogens is 2. The molecule has 8 heteroatoms. The molecular weight excluding hydrogens is 432 g/mol. The molecule has 1 N–H and O–H groups in total. The maximum Gasteiger partial charge on any atom is 0.277 e. The number of anilines is 1. The van der Waals surface area contributed by atoms with Gasteiger partial charge in [0.25, 0.3) is 5.91 Å². The van der Waals surface area contributed by atoms with Crippen molar-refractivity contribution in [1.29, 1.82) is 0 Å². The first-order valence-corrected chi connectivity index (χ1v) is 11.7. The number of aliphatic hydroxyl groups is 1. The lowest BCUT2D eigenvalue weighted by Crippen LogP contribution is -2.39. The third kappa shape index (κ3) is 3.68. The van der Waals surface area contributed by atoms with Gasteiger partial charge in [-0.05, 0) is 61.2 Å². The molecule has 1 aliphatic heterocycles. The van der Waals surface area contributed by atoms with E-state index in [1.807, 2.05) is 48.5 Å². The topological polar surface area (TPSA) is 97.0 Å². The van der Waals surface area contributed by atoms with E-state index in [-0.39, 0.29) is 24.5 Å². The van der Waals surface area contributed by atoms with Gasteiger partial charge < -0.3 is 14.7 Å². The molecule has 0 radical (unpaired) electrons. The SMILES string of the molecule is COc1ccc(-n2nc(CN=O)c3c2C(=O)N(c2ccc(C4(CO)CCCC4)cc2)CC3)cc1. The zero-order chi connectivity index (χ0) is 23.7. The van der Waals surface area contributed by atoms with Crippen molar-refractivity contribution in [2.24, 2.45) is 5.18 Å². The number of methoxy groups -OCH3 is 1. The Bertz CT molecular complexity index is 1190. The molecule has 1 fully saturated rings. The molecule has 3 aromatic rings. The molecule has 176 valence electrons. The standard InChI is InChI=1S/C26H28N4O4/c1-34-21-10-8-20(9-11-21)30-24-22(23(28-30)16-27-33)12-15-29(25(24)32)19-6-4-18(5-7-19)26(17-31)13-2-3-14-26/h4-11,31H,2-3,12-17H2,1H3. The van der Waals surface area contributed by atoms with Gasteiger partial charge in [-0.2, -0.15) is 10.0 Å². The minimum atomic E-state index is -0.165. The van der Waals surface area contributed by atoms with Crippen LogP contribution in [0, 0.1) is 4.91 Å². The lowest BCUT2D eigenvalue weighted by Gasteiger charge is -2.30. The van der Waals surface area contributed by atoms with Gasteiger partial charge in [0.15, 0.2) is 0 Å². The number of rotatable bonds is 7. The largest absolute Gasteiger partial charge is 0.497 e. The van der Waals surface area contributed by atoms with Crippen molar-refractivity contribution in [2.45, 2.75) is 44.1 Å². The Labute approximate surface area is 198 Å². The molecule has 34 heavy (non-hydrogen) atoms. The van der Waals surface area contributed by atoms with E-state index in [1.54, 1.807) is 16.7 Å². The fourth-order valence-corrected chi connectivity index (χ4v) is 5.36. The Hall–Kier alpha value is -3.52. The highest BCUT2D eigenvalue weighted by Gasteiger charge is 2.36. The second-order valence-electron chi connectivity index (χ2n) is 9.07. The van der Waals surface area contributed by atoms with Gasteiger partial charge in [0, 0.05) is 23.2 Å². The van der Waals surface area contributed by atoms with Crippen LogP contribution in [0.15, 0.2) is 53.7 Å². The molecule has 0 spiro atoms. The zero-order valence-corrected chi connectivity index (χ0v) is 19.2. The molecule has 1 aliphatic carbocycles. The lowest BCUT2D eigenvalue weighted by molar-refractivity contribution is 0.0973. The normalized spacial score (nSPS) is 17.0. The molecule has 5 rings (SSSR count). The molecule has 1 aromatic heterocycles. The molecule has 1 amide bonds. The molecule has 2 aromatic carbocycles. The number of ether oxygens (including phenoxy) is 1. The van der Waals surface area contributed by atoms with E-state index >= 15 is 0 Å². The fourth-order valence-electron chi connectivity index (χ4n) is 5.36. The molecule has 0 atom stereocenters. The highest BCUT2D eigenvalue weighted by molar-refractivity contribution is 6.07. The van der Waals surface area contributed by atoms with Crippen molar-refractivity contribution >= 4 is 11.6 Å². The van der Waals surface area contributed by atoms with Crippen LogP contribution >= 0.6 is 0 Å². The number of hydrogen-bond acceptors (Lipinski definition) is 6. The van der Waals surface area contributed by atoms with Crippen LogP contribution in [0.4, 0.5) is 5.69 Å². The first kappa shape index (κ1) is 22.3. The highest BCUT2D eigenvalue weighted by atomic mass is 16.5. The number of hydrogen-bond donors (Lipinski definition) is 1. The van der Waals surface area contributed by atoms with E-state index < -0.39 is 0 Å². The molecular formula is C26H28N4O4. The van der Waals surface area contributed by atoms with Gasteiger partial charge in [0.2, 0.25) is 0 Å². The lowest BCUT2D eigenvalue weighted by atomic mass is 9.79. The maximum atomic E-state index is 13.7. The summed E-state index contributed by atoms with van der Waals surface area (Å²) in [5.74, 6) is 0.544. The summed E-state index contributed by atoms with van der Waals surface area (Å²) >= 11 is 0. The Morgan fingerprint density at radius 2 is 1.74 bits per heavy atom. The second kappa shape index (κ2) is 9.02. The molecule has 0 bridgehead atoms. The van der Waals surface area contributed by atoms with Crippen molar-refractivity contribution in [3.05, 3.63) is 76.0 Å². The third-order valence-corrected chi connectivity index (χ3v) is 7.29. The smallest absolute Gasteiger partial charge is 0.277 e. The van der Waals surface area contributed by atoms with Crippen LogP contribution in [-0.2, 0) is 18.4 Å². The Morgan fingerprint density at radius 3 is 2.35 bits per heavy atom. The van der Waals surface area contributed by atoms with E-state index in [1.165, 1.54) is 0 Å². The summed E-state index contributed by atoms with van der Waals surface area (Å²) in [5, 5.41) is 17.6. The monoisotopic (exact) mass is 460 g/mol. The van der Waals surface area contributed by atoms with Crippen molar-refractivity contribution < 1.29 is 14.6 Å². The second-order valence-corrected chi connectivity index (χ2v) is 9.07. The summed E-state index contributed by atoms with van der Waals surface area (Å²) in [6, 6.07) is 15.3. The number of aliphatic hydroxyl groups excluding tert-OH is 1. The summed E-state index contributed by atoms with van der Waals surface area (Å²) in [7, 11) is 1.60. The fraction of sp³-hybridized carbons (Fsp3) is 0.385. The molecule has 8 nitrogen and oxygen atoms in total. The van der Waals surface area contributed by atoms with Gasteiger partial charge in [-0.3, -0.25) is 4.79 Å². The molecule has 2 heterocycles. The van der Waals surface area contributed by atoms with E-state index in [0.29, 0.717) is 35.8 Å². The van der Waals surface area contributed by atoms with Gasteiger partial charge in [-0.1, -0.05) is 30.2 Å². The predicted octanol–water partition coefficient (Wildman–Crippen LogP) is 4.15. The molecule has 2 aliphatic rings. The van der Waals surface area contributed by atoms with Crippen LogP contribution in [-0.4, -0.2) is 41.1 Å². The average Bonchev–Trinajstić information content (AvgIpc) is 3.51. The van der Waals surface area contributed by atoms with Crippen LogP contribution in [0.1, 0.15) is 53.0 Å². The van der Waals surface area contributed by atoms with Crippen molar-refractivity contribution in [3.8, 4) is 11.4 Å². The summed E-state index contributed by atoms with van der Waals surface area (Å²) in [4.78, 5) is 26.5. The number of nitroso groups, excluding NO2 is 1. The van der Waals surface area contributed by atoms with Crippen molar-refractivity contribution in [3.63, 3.8) is 0 Å². The Morgan fingerprint density at radius 1 is 1.06 bits per heavy atom. The molecule has 0 unspecified atom stereocenters. The molecule has 1 saturated carbocycles. The number of carbonyl (C=O) groups is 1. The number of amides is 1. The zero-order valence-electron chi connectivity index (χ0n) is 19.2. The van der Waals surface area contributed by atoms with Gasteiger partial charge in [-0.25, -0.2) is 4.68 Å². The van der Waals surface area contributed by atoms with Crippen molar-refractivity contribution in [1.82, 2.24) is 9.78 Å². The van der Waals surface area contributed by atoms with Gasteiger partial charge in [0.05, 0.1) is 25.1 Å². The summed E-state index contributed by atoms with van der Waals surface area (Å²) in [5.41, 5.74) is 4.26. The first-order valence-electron chi connectivity index (χ1n) is 11.7. The van der Waals surface area contributed by atoms with Crippen LogP contribution in [0.2, 0.25) is 0 Å². The number of carbonyl (C=O) groups excluding carboxylic acids is 1. The third-order valence-electron chi connectivity index (χ3n) is 7.29. The van der Waals surface area contributed by atoms with Crippen LogP contribution < -0.4 is 9.64 Å². The quantitative estimate of drug-likeness (QED) is 0.534. The van der Waals surface area contributed by atoms with E-state index in [9.17, 15) is 14.8 Å². The Kier molecular flexibility index (Phi) is 5.91. The van der Waals surface area contributed by atoms with Gasteiger partial charge >= 0.3 is 0 Å². The maximum absolute atomic E-state index is 13.7. The van der Waals surface area contributed by atoms with E-state index in [2.05, 4.69) is 10.3 Å². The summed E-state index contributed by atoms with van der Waals surface area (Å²) in [6.07, 6.45) is 4.82. The minimum Gasteiger partial charge on any atom is -0.497 e.